The van der Waals surface area contributed by atoms with Crippen LogP contribution in [0.3, 0.4) is 0 Å². The maximum Gasteiger partial charge on any atom is 0.238 e. The average Bonchev–Trinajstić information content (AvgIpc) is 3.17. The van der Waals surface area contributed by atoms with E-state index in [1.807, 2.05) is 30.3 Å². The number of rotatable bonds is 6. The zero-order valence-corrected chi connectivity index (χ0v) is 15.7. The summed E-state index contributed by atoms with van der Waals surface area (Å²) in [5.74, 6) is -0.364. The van der Waals surface area contributed by atoms with Gasteiger partial charge < -0.3 is 0 Å². The number of nitrogens with one attached hydrogen (secondary N) is 1. The SMILES string of the molecule is CC(=O)c1ccc(SCC(=O)N(C)c2cc(-c3ccccc3)[nH]n2)c(F)c1. The van der Waals surface area contributed by atoms with Crippen LogP contribution >= 0.6 is 11.8 Å². The monoisotopic (exact) mass is 383 g/mol. The van der Waals surface area contributed by atoms with Crippen molar-refractivity contribution in [2.24, 2.45) is 0 Å². The van der Waals surface area contributed by atoms with Crippen molar-refractivity contribution in [3.05, 3.63) is 66.0 Å². The smallest absolute Gasteiger partial charge is 0.238 e. The van der Waals surface area contributed by atoms with Crippen molar-refractivity contribution in [1.82, 2.24) is 10.2 Å². The topological polar surface area (TPSA) is 66.1 Å². The third kappa shape index (κ3) is 4.43. The molecule has 1 heterocycles. The van der Waals surface area contributed by atoms with Gasteiger partial charge in [-0.3, -0.25) is 19.6 Å². The second kappa shape index (κ2) is 8.18. The van der Waals surface area contributed by atoms with E-state index in [-0.39, 0.29) is 17.4 Å². The molecule has 3 rings (SSSR count). The third-order valence-corrected chi connectivity index (χ3v) is 5.09. The number of hydrogen-bond donors (Lipinski definition) is 1. The molecule has 0 saturated heterocycles. The summed E-state index contributed by atoms with van der Waals surface area (Å²) in [4.78, 5) is 25.5. The van der Waals surface area contributed by atoms with E-state index in [1.165, 1.54) is 24.0 Å². The first-order valence-electron chi connectivity index (χ1n) is 8.26. The lowest BCUT2D eigenvalue weighted by atomic mass is 10.1. The molecule has 0 bridgehead atoms. The minimum absolute atomic E-state index is 0.0559. The zero-order chi connectivity index (χ0) is 19.4. The number of ketones is 1. The van der Waals surface area contributed by atoms with Crippen LogP contribution in [0.5, 0.6) is 0 Å². The fourth-order valence-electron chi connectivity index (χ4n) is 2.45. The molecule has 2 aromatic carbocycles. The van der Waals surface area contributed by atoms with Crippen LogP contribution in [0.2, 0.25) is 0 Å². The molecule has 1 amide bonds. The molecule has 1 N–H and O–H groups in total. The molecule has 0 aliphatic heterocycles. The number of carbonyl (C=O) groups is 2. The van der Waals surface area contributed by atoms with Gasteiger partial charge in [0, 0.05) is 23.6 Å². The highest BCUT2D eigenvalue weighted by atomic mass is 32.2. The van der Waals surface area contributed by atoms with Gasteiger partial charge in [-0.25, -0.2) is 4.39 Å². The van der Waals surface area contributed by atoms with Gasteiger partial charge >= 0.3 is 0 Å². The van der Waals surface area contributed by atoms with Gasteiger partial charge in [-0.15, -0.1) is 11.8 Å². The minimum atomic E-state index is -0.505. The Hall–Kier alpha value is -2.93. The molecule has 138 valence electrons. The third-order valence-electron chi connectivity index (χ3n) is 4.06. The molecule has 1 aromatic heterocycles. The Balaban J connectivity index is 1.65. The highest BCUT2D eigenvalue weighted by molar-refractivity contribution is 8.00. The summed E-state index contributed by atoms with van der Waals surface area (Å²) in [5.41, 5.74) is 2.09. The maximum absolute atomic E-state index is 14.1. The molecule has 0 atom stereocenters. The summed E-state index contributed by atoms with van der Waals surface area (Å²) in [5, 5.41) is 7.09. The summed E-state index contributed by atoms with van der Waals surface area (Å²) in [7, 11) is 1.63. The Morgan fingerprint density at radius 1 is 1.15 bits per heavy atom. The Labute approximate surface area is 160 Å². The van der Waals surface area contributed by atoms with E-state index in [2.05, 4.69) is 10.2 Å². The maximum atomic E-state index is 14.1. The number of Topliss-reactive ketones (excluding diaryl/α,β-unsaturated/α-hetero) is 1. The normalized spacial score (nSPS) is 10.6. The second-order valence-corrected chi connectivity index (χ2v) is 6.97. The number of H-pyrrole nitrogens is 1. The lowest BCUT2D eigenvalue weighted by Gasteiger charge is -2.13. The lowest BCUT2D eigenvalue weighted by Crippen LogP contribution is -2.28. The van der Waals surface area contributed by atoms with Gasteiger partial charge in [-0.1, -0.05) is 36.4 Å². The Morgan fingerprint density at radius 3 is 2.56 bits per heavy atom. The molecule has 3 aromatic rings. The first kappa shape index (κ1) is 18.8. The molecule has 7 heteroatoms. The first-order chi connectivity index (χ1) is 13.0. The van der Waals surface area contributed by atoms with Crippen molar-refractivity contribution < 1.29 is 14.0 Å². The van der Waals surface area contributed by atoms with Gasteiger partial charge in [0.25, 0.3) is 0 Å². The van der Waals surface area contributed by atoms with Gasteiger partial charge in [0.15, 0.2) is 11.6 Å². The highest BCUT2D eigenvalue weighted by Gasteiger charge is 2.16. The Bertz CT molecular complexity index is 972. The van der Waals surface area contributed by atoms with E-state index < -0.39 is 5.82 Å². The number of thioether (sulfide) groups is 1. The second-order valence-electron chi connectivity index (χ2n) is 5.95. The van der Waals surface area contributed by atoms with Crippen molar-refractivity contribution >= 4 is 29.3 Å². The van der Waals surface area contributed by atoms with Gasteiger partial charge in [0.2, 0.25) is 5.91 Å². The van der Waals surface area contributed by atoms with E-state index >= 15 is 0 Å². The van der Waals surface area contributed by atoms with Crippen molar-refractivity contribution in [1.29, 1.82) is 0 Å². The van der Waals surface area contributed by atoms with Crippen LogP contribution in [0.1, 0.15) is 17.3 Å². The lowest BCUT2D eigenvalue weighted by molar-refractivity contribution is -0.115. The largest absolute Gasteiger partial charge is 0.298 e. The summed E-state index contributed by atoms with van der Waals surface area (Å²) < 4.78 is 14.1. The molecule has 0 unspecified atom stereocenters. The number of amides is 1. The van der Waals surface area contributed by atoms with Crippen molar-refractivity contribution in [3.8, 4) is 11.3 Å². The molecule has 0 fully saturated rings. The number of hydrogen-bond acceptors (Lipinski definition) is 4. The van der Waals surface area contributed by atoms with E-state index in [9.17, 15) is 14.0 Å². The van der Waals surface area contributed by atoms with Crippen LogP contribution in [-0.4, -0.2) is 34.7 Å². The fraction of sp³-hybridized carbons (Fsp3) is 0.150. The zero-order valence-electron chi connectivity index (χ0n) is 14.9. The predicted molar refractivity (Wildman–Crippen MR) is 105 cm³/mol. The molecule has 0 aliphatic rings. The predicted octanol–water partition coefficient (Wildman–Crippen LogP) is 4.17. The minimum Gasteiger partial charge on any atom is -0.298 e. The van der Waals surface area contributed by atoms with E-state index in [0.29, 0.717) is 16.3 Å². The number of aromatic nitrogens is 2. The van der Waals surface area contributed by atoms with Crippen molar-refractivity contribution in [3.63, 3.8) is 0 Å². The average molecular weight is 383 g/mol. The molecule has 0 saturated carbocycles. The van der Waals surface area contributed by atoms with Gasteiger partial charge in [-0.2, -0.15) is 5.10 Å². The molecular formula is C20H18FN3O2S. The number of benzene rings is 2. The molecule has 0 spiro atoms. The first-order valence-corrected chi connectivity index (χ1v) is 9.25. The van der Waals surface area contributed by atoms with Crippen LogP contribution in [-0.2, 0) is 4.79 Å². The fourth-order valence-corrected chi connectivity index (χ4v) is 3.28. The van der Waals surface area contributed by atoms with Crippen LogP contribution in [0.4, 0.5) is 10.2 Å². The number of carbonyl (C=O) groups excluding carboxylic acids is 2. The van der Waals surface area contributed by atoms with Gasteiger partial charge in [0.05, 0.1) is 11.4 Å². The van der Waals surface area contributed by atoms with Crippen LogP contribution in [0, 0.1) is 5.82 Å². The van der Waals surface area contributed by atoms with E-state index in [0.717, 1.165) is 23.0 Å². The molecule has 27 heavy (non-hydrogen) atoms. The number of nitrogens with zero attached hydrogens (tertiary/aromatic N) is 2. The number of halogens is 1. The van der Waals surface area contributed by atoms with Crippen molar-refractivity contribution in [2.75, 3.05) is 17.7 Å². The van der Waals surface area contributed by atoms with E-state index in [1.54, 1.807) is 19.2 Å². The van der Waals surface area contributed by atoms with Crippen LogP contribution in [0.15, 0.2) is 59.5 Å². The van der Waals surface area contributed by atoms with E-state index in [4.69, 9.17) is 0 Å². The molecule has 5 nitrogen and oxygen atoms in total. The summed E-state index contributed by atoms with van der Waals surface area (Å²) >= 11 is 1.09. The summed E-state index contributed by atoms with van der Waals surface area (Å²) in [6, 6.07) is 15.7. The molecular weight excluding hydrogens is 365 g/mol. The van der Waals surface area contributed by atoms with Gasteiger partial charge in [0.1, 0.15) is 5.82 Å². The number of aromatic amines is 1. The number of anilines is 1. The van der Waals surface area contributed by atoms with Crippen LogP contribution in [0.25, 0.3) is 11.3 Å². The Kier molecular flexibility index (Phi) is 5.71. The molecule has 0 aliphatic carbocycles. The quantitative estimate of drug-likeness (QED) is 0.512. The van der Waals surface area contributed by atoms with Crippen LogP contribution < -0.4 is 4.90 Å². The standard InChI is InChI=1S/C20H18FN3O2S/c1-13(25)15-8-9-18(16(21)10-15)27-12-20(26)24(2)19-11-17(22-23-19)14-6-4-3-5-7-14/h3-11H,12H2,1-2H3,(H,22,23). The Morgan fingerprint density at radius 2 is 1.89 bits per heavy atom. The summed E-state index contributed by atoms with van der Waals surface area (Å²) in [6.07, 6.45) is 0. The van der Waals surface area contributed by atoms with Gasteiger partial charge in [-0.05, 0) is 24.6 Å². The van der Waals surface area contributed by atoms with Crippen molar-refractivity contribution in [2.45, 2.75) is 11.8 Å². The highest BCUT2D eigenvalue weighted by Crippen LogP contribution is 2.25. The molecule has 0 radical (unpaired) electrons. The summed E-state index contributed by atoms with van der Waals surface area (Å²) in [6.45, 7) is 1.38.